The monoisotopic (exact) mass is 615 g/mol. The number of hydrogen-bond acceptors (Lipinski definition) is 5. The number of benzene rings is 5. The van der Waals surface area contributed by atoms with Crippen molar-refractivity contribution in [2.24, 2.45) is 0 Å². The minimum absolute atomic E-state index is 0.597. The molecule has 0 aliphatic heterocycles. The van der Waals surface area contributed by atoms with Crippen LogP contribution in [0, 0.1) is 0 Å². The van der Waals surface area contributed by atoms with Gasteiger partial charge in [-0.2, -0.15) is 0 Å². The fourth-order valence-electron chi connectivity index (χ4n) is 5.77. The second-order valence-electron chi connectivity index (χ2n) is 11.4. The lowest BCUT2D eigenvalue weighted by Crippen LogP contribution is -2.00. The largest absolute Gasteiger partial charge is 0.256 e. The second-order valence-corrected chi connectivity index (χ2v) is 11.4. The molecule has 0 amide bonds. The van der Waals surface area contributed by atoms with E-state index in [4.69, 9.17) is 15.0 Å². The normalized spacial score (nSPS) is 10.9. The third-order valence-corrected chi connectivity index (χ3v) is 8.23. The molecule has 0 unspecified atom stereocenters. The summed E-state index contributed by atoms with van der Waals surface area (Å²) < 4.78 is 0. The maximum Gasteiger partial charge on any atom is 0.164 e. The van der Waals surface area contributed by atoms with Crippen molar-refractivity contribution in [1.82, 2.24) is 24.9 Å². The molecule has 0 aliphatic rings. The number of nitrogens with zero attached hydrogens (tertiary/aromatic N) is 5. The lowest BCUT2D eigenvalue weighted by molar-refractivity contribution is 1.07. The molecule has 0 fully saturated rings. The van der Waals surface area contributed by atoms with Crippen LogP contribution >= 0.6 is 0 Å². The van der Waals surface area contributed by atoms with Gasteiger partial charge in [-0.1, -0.05) is 121 Å². The lowest BCUT2D eigenvalue weighted by Gasteiger charge is -2.12. The Bertz CT molecular complexity index is 2250. The van der Waals surface area contributed by atoms with Crippen LogP contribution in [0.15, 0.2) is 176 Å². The maximum atomic E-state index is 5.01. The van der Waals surface area contributed by atoms with Crippen LogP contribution in [-0.2, 0) is 0 Å². The molecular weight excluding hydrogens is 587 g/mol. The summed E-state index contributed by atoms with van der Waals surface area (Å²) in [6, 6.07) is 55.6. The maximum absolute atomic E-state index is 5.01. The first-order valence-corrected chi connectivity index (χ1v) is 15.8. The quantitative estimate of drug-likeness (QED) is 0.178. The smallest absolute Gasteiger partial charge is 0.164 e. The molecule has 0 aliphatic carbocycles. The highest BCUT2D eigenvalue weighted by atomic mass is 15.0. The second kappa shape index (κ2) is 13.0. The summed E-state index contributed by atoms with van der Waals surface area (Å²) in [5.74, 6) is 1.85. The Kier molecular flexibility index (Phi) is 7.83. The van der Waals surface area contributed by atoms with Gasteiger partial charge in [0.2, 0.25) is 0 Å². The van der Waals surface area contributed by atoms with E-state index in [0.717, 1.165) is 55.9 Å². The van der Waals surface area contributed by atoms with Gasteiger partial charge < -0.3 is 0 Å². The zero-order chi connectivity index (χ0) is 32.1. The fourth-order valence-corrected chi connectivity index (χ4v) is 5.77. The van der Waals surface area contributed by atoms with Gasteiger partial charge in [-0.05, 0) is 64.7 Å². The average molecular weight is 616 g/mol. The van der Waals surface area contributed by atoms with Gasteiger partial charge in [0.25, 0.3) is 0 Å². The summed E-state index contributed by atoms with van der Waals surface area (Å²) in [6.07, 6.45) is 3.69. The third-order valence-electron chi connectivity index (χ3n) is 8.23. The SMILES string of the molecule is c1ccc(-c2ccnc(-c3ccc(-c4cc(-c5ccccn5)cc(-c5nc(-c6ccccc6)nc(-c6ccccc6)n5)c4)cc3)c2)cc1. The van der Waals surface area contributed by atoms with Crippen molar-refractivity contribution in [2.45, 2.75) is 0 Å². The Morgan fingerprint density at radius 3 is 1.33 bits per heavy atom. The van der Waals surface area contributed by atoms with Crippen molar-refractivity contribution in [3.63, 3.8) is 0 Å². The molecule has 0 N–H and O–H groups in total. The van der Waals surface area contributed by atoms with Crippen molar-refractivity contribution >= 4 is 0 Å². The van der Waals surface area contributed by atoms with Crippen molar-refractivity contribution in [3.05, 3.63) is 176 Å². The highest BCUT2D eigenvalue weighted by Gasteiger charge is 2.15. The predicted molar refractivity (Wildman–Crippen MR) is 193 cm³/mol. The van der Waals surface area contributed by atoms with Gasteiger partial charge in [0.15, 0.2) is 17.5 Å². The van der Waals surface area contributed by atoms with E-state index in [-0.39, 0.29) is 0 Å². The Labute approximate surface area is 279 Å². The first-order valence-electron chi connectivity index (χ1n) is 15.8. The molecule has 226 valence electrons. The first kappa shape index (κ1) is 28.9. The Balaban J connectivity index is 1.23. The zero-order valence-electron chi connectivity index (χ0n) is 26.0. The van der Waals surface area contributed by atoms with E-state index >= 15 is 0 Å². The van der Waals surface area contributed by atoms with Crippen LogP contribution in [-0.4, -0.2) is 24.9 Å². The number of rotatable bonds is 7. The van der Waals surface area contributed by atoms with Crippen LogP contribution in [0.3, 0.4) is 0 Å². The van der Waals surface area contributed by atoms with Crippen LogP contribution < -0.4 is 0 Å². The van der Waals surface area contributed by atoms with Gasteiger partial charge in [0.05, 0.1) is 11.4 Å². The zero-order valence-corrected chi connectivity index (χ0v) is 26.0. The summed E-state index contributed by atoms with van der Waals surface area (Å²) in [5.41, 5.74) is 11.0. The van der Waals surface area contributed by atoms with E-state index in [2.05, 4.69) is 82.8 Å². The minimum atomic E-state index is 0.597. The van der Waals surface area contributed by atoms with Gasteiger partial charge in [0.1, 0.15) is 0 Å². The summed E-state index contributed by atoms with van der Waals surface area (Å²) in [5, 5.41) is 0. The van der Waals surface area contributed by atoms with Crippen LogP contribution in [0.4, 0.5) is 0 Å². The number of pyridine rings is 2. The molecule has 3 aromatic heterocycles. The van der Waals surface area contributed by atoms with Crippen LogP contribution in [0.2, 0.25) is 0 Å². The number of aromatic nitrogens is 5. The van der Waals surface area contributed by atoms with E-state index in [1.807, 2.05) is 103 Å². The molecule has 0 saturated heterocycles. The van der Waals surface area contributed by atoms with Crippen molar-refractivity contribution < 1.29 is 0 Å². The minimum Gasteiger partial charge on any atom is -0.256 e. The number of hydrogen-bond donors (Lipinski definition) is 0. The van der Waals surface area contributed by atoms with Crippen molar-refractivity contribution in [2.75, 3.05) is 0 Å². The van der Waals surface area contributed by atoms with Gasteiger partial charge in [0, 0.05) is 40.2 Å². The Morgan fingerprint density at radius 1 is 0.250 bits per heavy atom. The fraction of sp³-hybridized carbons (Fsp3) is 0. The highest BCUT2D eigenvalue weighted by molar-refractivity contribution is 5.80. The molecule has 5 nitrogen and oxygen atoms in total. The van der Waals surface area contributed by atoms with Crippen molar-refractivity contribution in [3.8, 4) is 78.9 Å². The molecule has 8 aromatic rings. The van der Waals surface area contributed by atoms with Crippen LogP contribution in [0.25, 0.3) is 78.9 Å². The van der Waals surface area contributed by atoms with Gasteiger partial charge >= 0.3 is 0 Å². The van der Waals surface area contributed by atoms with Crippen LogP contribution in [0.5, 0.6) is 0 Å². The van der Waals surface area contributed by atoms with E-state index < -0.39 is 0 Å². The van der Waals surface area contributed by atoms with E-state index in [9.17, 15) is 0 Å². The molecule has 0 radical (unpaired) electrons. The summed E-state index contributed by atoms with van der Waals surface area (Å²) in [7, 11) is 0. The highest BCUT2D eigenvalue weighted by Crippen LogP contribution is 2.34. The molecule has 0 atom stereocenters. The molecule has 0 spiro atoms. The van der Waals surface area contributed by atoms with Crippen LogP contribution in [0.1, 0.15) is 0 Å². The van der Waals surface area contributed by atoms with Gasteiger partial charge in [-0.15, -0.1) is 0 Å². The molecular formula is C43H29N5. The van der Waals surface area contributed by atoms with Gasteiger partial charge in [-0.3, -0.25) is 9.97 Å². The van der Waals surface area contributed by atoms with E-state index in [0.29, 0.717) is 17.5 Å². The summed E-state index contributed by atoms with van der Waals surface area (Å²) >= 11 is 0. The van der Waals surface area contributed by atoms with Gasteiger partial charge in [-0.25, -0.2) is 15.0 Å². The first-order chi connectivity index (χ1) is 23.8. The van der Waals surface area contributed by atoms with E-state index in [1.165, 1.54) is 5.56 Å². The molecule has 8 rings (SSSR count). The Morgan fingerprint density at radius 2 is 0.729 bits per heavy atom. The van der Waals surface area contributed by atoms with E-state index in [1.54, 1.807) is 0 Å². The van der Waals surface area contributed by atoms with Crippen molar-refractivity contribution in [1.29, 1.82) is 0 Å². The third kappa shape index (κ3) is 6.13. The Hall–Kier alpha value is -6.59. The average Bonchev–Trinajstić information content (AvgIpc) is 3.19. The lowest BCUT2D eigenvalue weighted by atomic mass is 9.96. The summed E-state index contributed by atoms with van der Waals surface area (Å²) in [4.78, 5) is 24.2. The molecule has 3 heterocycles. The molecule has 48 heavy (non-hydrogen) atoms. The predicted octanol–water partition coefficient (Wildman–Crippen LogP) is 10.3. The molecule has 0 saturated carbocycles. The summed E-state index contributed by atoms with van der Waals surface area (Å²) in [6.45, 7) is 0. The molecule has 5 heteroatoms. The molecule has 5 aromatic carbocycles. The topological polar surface area (TPSA) is 64.5 Å². The molecule has 0 bridgehead atoms. The standard InChI is InChI=1S/C43H29N5/c1-4-12-30(13-5-1)35-23-25-45-40(29-35)32-21-19-31(20-22-32)36-26-37(39-18-10-11-24-44-39)28-38(27-36)43-47-41(33-14-6-2-7-15-33)46-42(48-43)34-16-8-3-9-17-34/h1-29H.